The van der Waals surface area contributed by atoms with Crippen LogP contribution in [0.4, 0.5) is 5.69 Å². The predicted molar refractivity (Wildman–Crippen MR) is 83.1 cm³/mol. The summed E-state index contributed by atoms with van der Waals surface area (Å²) in [6.45, 7) is 0. The van der Waals surface area contributed by atoms with E-state index < -0.39 is 17.8 Å². The summed E-state index contributed by atoms with van der Waals surface area (Å²) in [5.41, 5.74) is 0.720. The van der Waals surface area contributed by atoms with E-state index in [0.29, 0.717) is 0 Å². The van der Waals surface area contributed by atoms with Gasteiger partial charge in [0.25, 0.3) is 0 Å². The zero-order valence-corrected chi connectivity index (χ0v) is 12.8. The molecule has 0 aliphatic heterocycles. The monoisotopic (exact) mass is 383 g/mol. The number of carboxylic acids is 1. The average Bonchev–Trinajstić information content (AvgIpc) is 2.98. The van der Waals surface area contributed by atoms with Gasteiger partial charge in [0.05, 0.1) is 11.8 Å². The molecule has 104 valence electrons. The minimum absolute atomic E-state index is 0.00385. The Kier molecular flexibility index (Phi) is 3.54. The highest BCUT2D eigenvalue weighted by Crippen LogP contribution is 2.48. The van der Waals surface area contributed by atoms with Crippen LogP contribution >= 0.6 is 22.6 Å². The van der Waals surface area contributed by atoms with Crippen LogP contribution in [0.3, 0.4) is 0 Å². The number of nitrogens with one attached hydrogen (secondary N) is 1. The predicted octanol–water partition coefficient (Wildman–Crippen LogP) is 2.75. The van der Waals surface area contributed by atoms with Crippen molar-refractivity contribution in [3.8, 4) is 0 Å². The smallest absolute Gasteiger partial charge is 0.307 e. The molecule has 5 heteroatoms. The van der Waals surface area contributed by atoms with Gasteiger partial charge < -0.3 is 10.4 Å². The second-order valence-electron chi connectivity index (χ2n) is 5.34. The molecule has 0 radical (unpaired) electrons. The average molecular weight is 383 g/mol. The van der Waals surface area contributed by atoms with E-state index in [2.05, 4.69) is 27.9 Å². The summed E-state index contributed by atoms with van der Waals surface area (Å²) in [4.78, 5) is 23.8. The van der Waals surface area contributed by atoms with Crippen LogP contribution in [0, 0.1) is 27.2 Å². The third-order valence-electron chi connectivity index (χ3n) is 4.14. The van der Waals surface area contributed by atoms with Gasteiger partial charge in [-0.05, 0) is 59.0 Å². The molecule has 0 spiro atoms. The lowest BCUT2D eigenvalue weighted by Crippen LogP contribution is -2.36. The molecule has 2 aliphatic carbocycles. The molecule has 2 bridgehead atoms. The maximum absolute atomic E-state index is 12.4. The summed E-state index contributed by atoms with van der Waals surface area (Å²) in [6.07, 6.45) is 4.71. The molecule has 0 heterocycles. The molecule has 0 unspecified atom stereocenters. The molecule has 3 rings (SSSR count). The maximum Gasteiger partial charge on any atom is 0.307 e. The summed E-state index contributed by atoms with van der Waals surface area (Å²) in [5.74, 6) is -2.04. The number of anilines is 1. The fourth-order valence-corrected chi connectivity index (χ4v) is 3.85. The number of carbonyl (C=O) groups excluding carboxylic acids is 1. The summed E-state index contributed by atoms with van der Waals surface area (Å²) in [5, 5.41) is 12.2. The van der Waals surface area contributed by atoms with E-state index in [-0.39, 0.29) is 17.7 Å². The zero-order valence-electron chi connectivity index (χ0n) is 10.6. The number of hydrogen-bond donors (Lipinski definition) is 2. The fraction of sp³-hybridized carbons (Fsp3) is 0.333. The van der Waals surface area contributed by atoms with Crippen molar-refractivity contribution in [2.24, 2.45) is 23.7 Å². The Morgan fingerprint density at radius 1 is 1.20 bits per heavy atom. The first-order chi connectivity index (χ1) is 9.56. The van der Waals surface area contributed by atoms with Gasteiger partial charge in [-0.15, -0.1) is 0 Å². The van der Waals surface area contributed by atoms with Crippen LogP contribution in [0.25, 0.3) is 0 Å². The minimum Gasteiger partial charge on any atom is -0.481 e. The van der Waals surface area contributed by atoms with Crippen molar-refractivity contribution in [3.05, 3.63) is 40.0 Å². The van der Waals surface area contributed by atoms with Gasteiger partial charge in [0.2, 0.25) is 5.91 Å². The number of carbonyl (C=O) groups is 2. The number of carboxylic acid groups (broad SMARTS) is 1. The van der Waals surface area contributed by atoms with Gasteiger partial charge in [0, 0.05) is 9.26 Å². The van der Waals surface area contributed by atoms with E-state index in [9.17, 15) is 14.7 Å². The van der Waals surface area contributed by atoms with Crippen molar-refractivity contribution in [2.45, 2.75) is 6.42 Å². The Balaban J connectivity index is 1.80. The highest BCUT2D eigenvalue weighted by Gasteiger charge is 2.51. The Bertz CT molecular complexity index is 599. The Morgan fingerprint density at radius 2 is 1.90 bits per heavy atom. The minimum atomic E-state index is -0.871. The number of benzene rings is 1. The van der Waals surface area contributed by atoms with Crippen LogP contribution in [0.2, 0.25) is 0 Å². The zero-order chi connectivity index (χ0) is 14.3. The van der Waals surface area contributed by atoms with Gasteiger partial charge in [0.1, 0.15) is 0 Å². The molecule has 4 nitrogen and oxygen atoms in total. The number of aliphatic carboxylic acids is 1. The van der Waals surface area contributed by atoms with Crippen LogP contribution in [-0.2, 0) is 9.59 Å². The van der Waals surface area contributed by atoms with Crippen LogP contribution < -0.4 is 5.32 Å². The highest BCUT2D eigenvalue weighted by molar-refractivity contribution is 14.1. The van der Waals surface area contributed by atoms with E-state index in [1.54, 1.807) is 0 Å². The third-order valence-corrected chi connectivity index (χ3v) is 4.81. The van der Waals surface area contributed by atoms with Crippen LogP contribution in [0.5, 0.6) is 0 Å². The number of hydrogen-bond acceptors (Lipinski definition) is 2. The Morgan fingerprint density at radius 3 is 2.55 bits per heavy atom. The largest absolute Gasteiger partial charge is 0.481 e. The van der Waals surface area contributed by atoms with E-state index in [4.69, 9.17) is 0 Å². The molecule has 2 aliphatic rings. The van der Waals surface area contributed by atoms with E-state index >= 15 is 0 Å². The topological polar surface area (TPSA) is 66.4 Å². The number of amides is 1. The van der Waals surface area contributed by atoms with Gasteiger partial charge in [-0.1, -0.05) is 18.2 Å². The lowest BCUT2D eigenvalue weighted by Gasteiger charge is -2.23. The first-order valence-electron chi connectivity index (χ1n) is 6.54. The molecular formula is C15H14INO3. The fourth-order valence-electron chi connectivity index (χ4n) is 3.31. The first-order valence-corrected chi connectivity index (χ1v) is 7.61. The summed E-state index contributed by atoms with van der Waals surface area (Å²) < 4.78 is 1.03. The van der Waals surface area contributed by atoms with Crippen molar-refractivity contribution >= 4 is 40.2 Å². The van der Waals surface area contributed by atoms with Gasteiger partial charge >= 0.3 is 5.97 Å². The third kappa shape index (κ3) is 2.34. The van der Waals surface area contributed by atoms with Crippen LogP contribution in [0.15, 0.2) is 36.4 Å². The van der Waals surface area contributed by atoms with Crippen molar-refractivity contribution in [1.29, 1.82) is 0 Å². The number of allylic oxidation sites excluding steroid dienone is 2. The second-order valence-corrected chi connectivity index (χ2v) is 6.58. The molecule has 1 fully saturated rings. The van der Waals surface area contributed by atoms with Crippen molar-refractivity contribution < 1.29 is 14.7 Å². The van der Waals surface area contributed by atoms with Crippen LogP contribution in [-0.4, -0.2) is 17.0 Å². The maximum atomic E-state index is 12.4. The van der Waals surface area contributed by atoms with Gasteiger partial charge in [-0.2, -0.15) is 0 Å². The number of fused-ring (bicyclic) bond motifs is 2. The number of halogens is 1. The van der Waals surface area contributed by atoms with Gasteiger partial charge in [0.15, 0.2) is 0 Å². The van der Waals surface area contributed by atoms with Crippen molar-refractivity contribution in [3.63, 3.8) is 0 Å². The lowest BCUT2D eigenvalue weighted by molar-refractivity contribution is -0.146. The molecule has 2 N–H and O–H groups in total. The quantitative estimate of drug-likeness (QED) is 0.623. The SMILES string of the molecule is O=C(Nc1cccc(I)c1)[C@@H]1[C@H](C(=O)O)[C@H]2C=C[C@H]1C2. The standard InChI is InChI=1S/C15H14INO3/c16-10-2-1-3-11(7-10)17-14(18)12-8-4-5-9(6-8)13(12)15(19)20/h1-5,7-9,12-13H,6H2,(H,17,18)(H,19,20)/t8-,9-,12-,13+/m0/s1. The molecule has 1 aromatic rings. The molecule has 0 aromatic heterocycles. The molecular weight excluding hydrogens is 369 g/mol. The highest BCUT2D eigenvalue weighted by atomic mass is 127. The molecule has 0 saturated heterocycles. The molecule has 20 heavy (non-hydrogen) atoms. The first kappa shape index (κ1) is 13.6. The summed E-state index contributed by atoms with van der Waals surface area (Å²) in [7, 11) is 0. The van der Waals surface area contributed by atoms with Crippen molar-refractivity contribution in [1.82, 2.24) is 0 Å². The molecule has 1 amide bonds. The van der Waals surface area contributed by atoms with Crippen LogP contribution in [0.1, 0.15) is 6.42 Å². The normalized spacial score (nSPS) is 30.4. The van der Waals surface area contributed by atoms with E-state index in [1.807, 2.05) is 36.4 Å². The van der Waals surface area contributed by atoms with E-state index in [1.165, 1.54) is 0 Å². The molecule has 1 saturated carbocycles. The second kappa shape index (κ2) is 5.20. The summed E-state index contributed by atoms with van der Waals surface area (Å²) in [6, 6.07) is 7.50. The lowest BCUT2D eigenvalue weighted by atomic mass is 9.82. The van der Waals surface area contributed by atoms with Gasteiger partial charge in [-0.3, -0.25) is 9.59 Å². The Labute approximate surface area is 130 Å². The molecule has 4 atom stereocenters. The number of rotatable bonds is 3. The van der Waals surface area contributed by atoms with Crippen molar-refractivity contribution in [2.75, 3.05) is 5.32 Å². The molecule has 1 aromatic carbocycles. The summed E-state index contributed by atoms with van der Waals surface area (Å²) >= 11 is 2.18. The van der Waals surface area contributed by atoms with E-state index in [0.717, 1.165) is 15.7 Å². The van der Waals surface area contributed by atoms with Gasteiger partial charge in [-0.25, -0.2) is 0 Å². The Hall–Kier alpha value is -1.37.